The van der Waals surface area contributed by atoms with Crippen LogP contribution in [0.25, 0.3) is 0 Å². The largest absolute Gasteiger partial charge is 0.481 e. The van der Waals surface area contributed by atoms with E-state index in [9.17, 15) is 4.79 Å². The van der Waals surface area contributed by atoms with E-state index in [1.165, 1.54) is 0 Å². The van der Waals surface area contributed by atoms with Gasteiger partial charge in [0.05, 0.1) is 6.61 Å². The highest BCUT2D eigenvalue weighted by molar-refractivity contribution is 5.80. The normalized spacial score (nSPS) is 12.3. The molecule has 18 heavy (non-hydrogen) atoms. The molecule has 0 aliphatic rings. The van der Waals surface area contributed by atoms with Gasteiger partial charge in [-0.15, -0.1) is 0 Å². The van der Waals surface area contributed by atoms with E-state index < -0.39 is 6.10 Å². The van der Waals surface area contributed by atoms with Crippen LogP contribution < -0.4 is 10.1 Å². The minimum Gasteiger partial charge on any atom is -0.481 e. The van der Waals surface area contributed by atoms with Crippen LogP contribution in [0.15, 0.2) is 24.3 Å². The number of ether oxygens (including phenoxy) is 1. The van der Waals surface area contributed by atoms with Crippen LogP contribution in [-0.2, 0) is 11.4 Å². The van der Waals surface area contributed by atoms with Crippen molar-refractivity contribution in [1.82, 2.24) is 5.32 Å². The average molecular weight is 251 g/mol. The zero-order valence-corrected chi connectivity index (χ0v) is 11.1. The lowest BCUT2D eigenvalue weighted by atomic mass is 10.2. The Balaban J connectivity index is 2.58. The first-order chi connectivity index (χ1) is 8.54. The number of hydrogen-bond acceptors (Lipinski definition) is 3. The van der Waals surface area contributed by atoms with E-state index in [2.05, 4.69) is 5.32 Å². The molecule has 4 nitrogen and oxygen atoms in total. The molecule has 0 aliphatic carbocycles. The summed E-state index contributed by atoms with van der Waals surface area (Å²) in [6.45, 7) is 6.30. The van der Waals surface area contributed by atoms with Crippen LogP contribution in [0, 0.1) is 5.92 Å². The van der Waals surface area contributed by atoms with Gasteiger partial charge in [0.15, 0.2) is 6.10 Å². The van der Waals surface area contributed by atoms with Crippen LogP contribution in [0.2, 0.25) is 0 Å². The molecule has 0 fully saturated rings. The number of carbonyl (C=O) groups excluding carboxylic acids is 1. The summed E-state index contributed by atoms with van der Waals surface area (Å²) in [5.41, 5.74) is 0.681. The van der Waals surface area contributed by atoms with Crippen molar-refractivity contribution in [3.8, 4) is 5.75 Å². The summed E-state index contributed by atoms with van der Waals surface area (Å²) >= 11 is 0. The third-order valence-electron chi connectivity index (χ3n) is 2.50. The average Bonchev–Trinajstić information content (AvgIpc) is 2.36. The van der Waals surface area contributed by atoms with Crippen molar-refractivity contribution in [3.63, 3.8) is 0 Å². The molecule has 1 aromatic carbocycles. The van der Waals surface area contributed by atoms with Crippen LogP contribution in [0.4, 0.5) is 0 Å². The Morgan fingerprint density at radius 2 is 2.00 bits per heavy atom. The molecule has 0 aliphatic heterocycles. The predicted molar refractivity (Wildman–Crippen MR) is 70.3 cm³/mol. The molecule has 0 saturated heterocycles. The second-order valence-corrected chi connectivity index (χ2v) is 4.66. The molecule has 1 atom stereocenters. The van der Waals surface area contributed by atoms with Crippen LogP contribution in [0.1, 0.15) is 26.3 Å². The zero-order valence-electron chi connectivity index (χ0n) is 11.1. The maximum absolute atomic E-state index is 11.8. The number of amides is 1. The molecule has 0 radical (unpaired) electrons. The van der Waals surface area contributed by atoms with Crippen molar-refractivity contribution >= 4 is 5.91 Å². The summed E-state index contributed by atoms with van der Waals surface area (Å²) in [7, 11) is 0. The van der Waals surface area contributed by atoms with E-state index in [1.54, 1.807) is 19.1 Å². The molecule has 1 amide bonds. The Bertz CT molecular complexity index is 390. The summed E-state index contributed by atoms with van der Waals surface area (Å²) in [6, 6.07) is 7.15. The zero-order chi connectivity index (χ0) is 13.5. The summed E-state index contributed by atoms with van der Waals surface area (Å²) in [6.07, 6.45) is -0.573. The highest BCUT2D eigenvalue weighted by Crippen LogP contribution is 2.19. The molecule has 0 heterocycles. The van der Waals surface area contributed by atoms with Crippen LogP contribution >= 0.6 is 0 Å². The Morgan fingerprint density at radius 3 is 2.61 bits per heavy atom. The first-order valence-electron chi connectivity index (χ1n) is 6.17. The van der Waals surface area contributed by atoms with Gasteiger partial charge in [0.2, 0.25) is 0 Å². The summed E-state index contributed by atoms with van der Waals surface area (Å²) < 4.78 is 5.56. The first kappa shape index (κ1) is 14.5. The van der Waals surface area contributed by atoms with Crippen molar-refractivity contribution < 1.29 is 14.6 Å². The van der Waals surface area contributed by atoms with Gasteiger partial charge in [0.25, 0.3) is 5.91 Å². The molecular formula is C14H21NO3. The maximum Gasteiger partial charge on any atom is 0.260 e. The number of aliphatic hydroxyl groups excluding tert-OH is 1. The summed E-state index contributed by atoms with van der Waals surface area (Å²) in [4.78, 5) is 11.8. The van der Waals surface area contributed by atoms with Gasteiger partial charge in [-0.3, -0.25) is 4.79 Å². The second-order valence-electron chi connectivity index (χ2n) is 4.66. The Kier molecular flexibility index (Phi) is 5.65. The predicted octanol–water partition coefficient (Wildman–Crippen LogP) is 1.72. The van der Waals surface area contributed by atoms with Crippen molar-refractivity contribution in [3.05, 3.63) is 29.8 Å². The minimum absolute atomic E-state index is 0.101. The van der Waals surface area contributed by atoms with Gasteiger partial charge in [0, 0.05) is 12.1 Å². The number of carbonyl (C=O) groups is 1. The van der Waals surface area contributed by atoms with Gasteiger partial charge in [-0.1, -0.05) is 32.0 Å². The quantitative estimate of drug-likeness (QED) is 0.809. The lowest BCUT2D eigenvalue weighted by Crippen LogP contribution is -2.38. The smallest absolute Gasteiger partial charge is 0.260 e. The fourth-order valence-electron chi connectivity index (χ4n) is 1.44. The molecule has 2 N–H and O–H groups in total. The SMILES string of the molecule is CC(C)CNC(=O)C(C)Oc1ccccc1CO. The third kappa shape index (κ3) is 4.37. The van der Waals surface area contributed by atoms with E-state index in [-0.39, 0.29) is 12.5 Å². The van der Waals surface area contributed by atoms with Gasteiger partial charge in [-0.25, -0.2) is 0 Å². The monoisotopic (exact) mass is 251 g/mol. The van der Waals surface area contributed by atoms with Gasteiger partial charge in [-0.05, 0) is 18.9 Å². The maximum atomic E-state index is 11.8. The number of aliphatic hydroxyl groups is 1. The number of para-hydroxylation sites is 1. The van der Waals surface area contributed by atoms with Crippen LogP contribution in [-0.4, -0.2) is 23.7 Å². The van der Waals surface area contributed by atoms with Crippen molar-refractivity contribution in [1.29, 1.82) is 0 Å². The lowest BCUT2D eigenvalue weighted by Gasteiger charge is -2.17. The van der Waals surface area contributed by atoms with Crippen molar-refractivity contribution in [2.24, 2.45) is 5.92 Å². The topological polar surface area (TPSA) is 58.6 Å². The second kappa shape index (κ2) is 7.01. The molecule has 0 bridgehead atoms. The summed E-state index contributed by atoms with van der Waals surface area (Å²) in [5.74, 6) is 0.814. The molecule has 1 rings (SSSR count). The van der Waals surface area contributed by atoms with Crippen LogP contribution in [0.5, 0.6) is 5.75 Å². The number of nitrogens with one attached hydrogen (secondary N) is 1. The number of benzene rings is 1. The lowest BCUT2D eigenvalue weighted by molar-refractivity contribution is -0.127. The van der Waals surface area contributed by atoms with Gasteiger partial charge >= 0.3 is 0 Å². The molecule has 1 aromatic rings. The molecule has 0 aromatic heterocycles. The Labute approximate surface area is 108 Å². The highest BCUT2D eigenvalue weighted by atomic mass is 16.5. The van der Waals surface area contributed by atoms with Crippen molar-refractivity contribution in [2.75, 3.05) is 6.54 Å². The number of hydrogen-bond donors (Lipinski definition) is 2. The van der Waals surface area contributed by atoms with Gasteiger partial charge in [0.1, 0.15) is 5.75 Å². The van der Waals surface area contributed by atoms with Gasteiger partial charge < -0.3 is 15.2 Å². The van der Waals surface area contributed by atoms with Crippen LogP contribution in [0.3, 0.4) is 0 Å². The number of rotatable bonds is 6. The van der Waals surface area contributed by atoms with E-state index in [1.807, 2.05) is 26.0 Å². The molecular weight excluding hydrogens is 230 g/mol. The fourth-order valence-corrected chi connectivity index (χ4v) is 1.44. The third-order valence-corrected chi connectivity index (χ3v) is 2.50. The molecule has 0 saturated carbocycles. The van der Waals surface area contributed by atoms with E-state index in [0.29, 0.717) is 23.8 Å². The molecule has 100 valence electrons. The highest BCUT2D eigenvalue weighted by Gasteiger charge is 2.15. The van der Waals surface area contributed by atoms with Gasteiger partial charge in [-0.2, -0.15) is 0 Å². The molecule has 0 spiro atoms. The Hall–Kier alpha value is -1.55. The fraction of sp³-hybridized carbons (Fsp3) is 0.500. The first-order valence-corrected chi connectivity index (χ1v) is 6.17. The molecule has 1 unspecified atom stereocenters. The molecule has 4 heteroatoms. The van der Waals surface area contributed by atoms with E-state index in [4.69, 9.17) is 9.84 Å². The standard InChI is InChI=1S/C14H21NO3/c1-10(2)8-15-14(17)11(3)18-13-7-5-4-6-12(13)9-16/h4-7,10-11,16H,8-9H2,1-3H3,(H,15,17). The minimum atomic E-state index is -0.573. The van der Waals surface area contributed by atoms with E-state index in [0.717, 1.165) is 0 Å². The summed E-state index contributed by atoms with van der Waals surface area (Å²) in [5, 5.41) is 12.0. The Morgan fingerprint density at radius 1 is 1.33 bits per heavy atom. The van der Waals surface area contributed by atoms with Crippen molar-refractivity contribution in [2.45, 2.75) is 33.5 Å². The van der Waals surface area contributed by atoms with E-state index >= 15 is 0 Å².